The van der Waals surface area contributed by atoms with Gasteiger partial charge in [0.05, 0.1) is 18.4 Å². The average Bonchev–Trinajstić information content (AvgIpc) is 3.28. The normalized spacial score (nSPS) is 34.5. The Labute approximate surface area is 180 Å². The highest BCUT2D eigenvalue weighted by molar-refractivity contribution is 9.12. The van der Waals surface area contributed by atoms with Gasteiger partial charge in [-0.2, -0.15) is 0 Å². The topological polar surface area (TPSA) is 75.7 Å². The van der Waals surface area contributed by atoms with Crippen molar-refractivity contribution in [3.63, 3.8) is 0 Å². The van der Waals surface area contributed by atoms with E-state index in [2.05, 4.69) is 37.2 Å². The molecule has 7 atom stereocenters. The lowest BCUT2D eigenvalue weighted by molar-refractivity contribution is -0.146. The molecule has 2 aliphatic carbocycles. The molecule has 0 unspecified atom stereocenters. The molecule has 1 heterocycles. The van der Waals surface area contributed by atoms with Crippen LogP contribution in [0.5, 0.6) is 5.75 Å². The fourth-order valence-electron chi connectivity index (χ4n) is 4.92. The molecule has 2 bridgehead atoms. The van der Waals surface area contributed by atoms with Gasteiger partial charge in [-0.1, -0.05) is 31.9 Å². The second kappa shape index (κ2) is 7.44. The number of hydrogen-bond acceptors (Lipinski definition) is 4. The van der Waals surface area contributed by atoms with Crippen molar-refractivity contribution in [2.45, 2.75) is 36.0 Å². The number of amides is 3. The van der Waals surface area contributed by atoms with Crippen LogP contribution in [0.15, 0.2) is 24.3 Å². The van der Waals surface area contributed by atoms with Gasteiger partial charge >= 0.3 is 0 Å². The van der Waals surface area contributed by atoms with Crippen molar-refractivity contribution in [1.82, 2.24) is 4.90 Å². The van der Waals surface area contributed by atoms with Gasteiger partial charge in [0.2, 0.25) is 17.7 Å². The highest BCUT2D eigenvalue weighted by Gasteiger charge is 2.67. The zero-order chi connectivity index (χ0) is 20.2. The minimum Gasteiger partial charge on any atom is -0.494 e. The summed E-state index contributed by atoms with van der Waals surface area (Å²) >= 11 is 7.35. The van der Waals surface area contributed by atoms with Gasteiger partial charge in [0.25, 0.3) is 0 Å². The number of carbonyl (C=O) groups is 3. The smallest absolute Gasteiger partial charge is 0.247 e. The van der Waals surface area contributed by atoms with Crippen LogP contribution in [0.1, 0.15) is 20.3 Å². The molecule has 1 aromatic carbocycles. The molecule has 1 aromatic rings. The summed E-state index contributed by atoms with van der Waals surface area (Å²) in [5, 5.41) is 2.79. The Morgan fingerprint density at radius 2 is 1.68 bits per heavy atom. The van der Waals surface area contributed by atoms with Gasteiger partial charge in [-0.25, -0.2) is 0 Å². The first kappa shape index (κ1) is 19.9. The molecule has 3 aliphatic rings. The van der Waals surface area contributed by atoms with E-state index in [1.54, 1.807) is 31.2 Å². The minimum absolute atomic E-state index is 0.141. The van der Waals surface area contributed by atoms with Gasteiger partial charge in [0.15, 0.2) is 0 Å². The number of imide groups is 1. The van der Waals surface area contributed by atoms with Crippen LogP contribution in [0.4, 0.5) is 5.69 Å². The number of alkyl halides is 2. The number of anilines is 1. The molecule has 150 valence electrons. The van der Waals surface area contributed by atoms with Crippen molar-refractivity contribution in [3.8, 4) is 5.75 Å². The van der Waals surface area contributed by atoms with Crippen LogP contribution in [0.25, 0.3) is 0 Å². The number of ether oxygens (including phenoxy) is 1. The Morgan fingerprint density at radius 1 is 1.14 bits per heavy atom. The number of nitrogens with one attached hydrogen (secondary N) is 1. The van der Waals surface area contributed by atoms with E-state index in [1.807, 2.05) is 6.92 Å². The molecule has 1 aliphatic heterocycles. The molecule has 3 amide bonds. The molecule has 2 saturated carbocycles. The van der Waals surface area contributed by atoms with Crippen LogP contribution in [0.2, 0.25) is 0 Å². The average molecular weight is 514 g/mol. The van der Waals surface area contributed by atoms with Crippen LogP contribution in [0.3, 0.4) is 0 Å². The maximum absolute atomic E-state index is 13.0. The molecular formula is C20H22Br2N2O4. The zero-order valence-corrected chi connectivity index (χ0v) is 18.8. The number of halogens is 2. The van der Waals surface area contributed by atoms with Crippen molar-refractivity contribution < 1.29 is 19.1 Å². The van der Waals surface area contributed by atoms with Gasteiger partial charge in [0, 0.05) is 15.3 Å². The Balaban J connectivity index is 1.47. The first-order valence-electron chi connectivity index (χ1n) is 9.54. The third-order valence-electron chi connectivity index (χ3n) is 6.22. The van der Waals surface area contributed by atoms with Crippen LogP contribution < -0.4 is 10.1 Å². The molecule has 3 fully saturated rings. The van der Waals surface area contributed by atoms with E-state index in [9.17, 15) is 14.4 Å². The largest absolute Gasteiger partial charge is 0.494 e. The molecule has 1 N–H and O–H groups in total. The van der Waals surface area contributed by atoms with Gasteiger partial charge in [-0.3, -0.25) is 19.3 Å². The van der Waals surface area contributed by atoms with E-state index in [4.69, 9.17) is 4.74 Å². The molecule has 0 radical (unpaired) electrons. The van der Waals surface area contributed by atoms with Crippen LogP contribution in [-0.4, -0.2) is 44.9 Å². The van der Waals surface area contributed by atoms with Crippen LogP contribution in [-0.2, 0) is 14.4 Å². The van der Waals surface area contributed by atoms with E-state index < -0.39 is 6.04 Å². The lowest BCUT2D eigenvalue weighted by atomic mass is 9.81. The highest BCUT2D eigenvalue weighted by Crippen LogP contribution is 2.60. The summed E-state index contributed by atoms with van der Waals surface area (Å²) in [6.07, 6.45) is 0.874. The SMILES string of the molecule is CCOc1ccc(NC(=O)[C@H](C)N2C(=O)[C@@H]3[C@@H]4C[C@H]([C@H](Br)[C@@H]4Br)[C@@H]3C2=O)cc1. The summed E-state index contributed by atoms with van der Waals surface area (Å²) in [6, 6.07) is 6.17. The Hall–Kier alpha value is -1.41. The van der Waals surface area contributed by atoms with Gasteiger partial charge in [-0.15, -0.1) is 0 Å². The molecule has 8 heteroatoms. The fraction of sp³-hybridized carbons (Fsp3) is 0.550. The summed E-state index contributed by atoms with van der Waals surface area (Å²) in [5.41, 5.74) is 0.598. The van der Waals surface area contributed by atoms with Crippen molar-refractivity contribution in [1.29, 1.82) is 0 Å². The number of benzene rings is 1. The number of rotatable bonds is 5. The molecule has 0 spiro atoms. The molecule has 4 rings (SSSR count). The molecule has 0 aromatic heterocycles. The first-order valence-corrected chi connectivity index (χ1v) is 11.4. The maximum Gasteiger partial charge on any atom is 0.247 e. The minimum atomic E-state index is -0.848. The monoisotopic (exact) mass is 512 g/mol. The standard InChI is InChI=1S/C20H22Br2N2O4/c1-3-28-11-6-4-10(5-7-11)23-18(25)9(2)24-19(26)14-12-8-13(15(14)20(24)27)17(22)16(12)21/h4-7,9,12-17H,3,8H2,1-2H3,(H,23,25)/t9-,12-,13-,14-,15+,16-,17+/m0/s1. The van der Waals surface area contributed by atoms with E-state index >= 15 is 0 Å². The predicted octanol–water partition coefficient (Wildman–Crippen LogP) is 3.19. The van der Waals surface area contributed by atoms with Crippen molar-refractivity contribution >= 4 is 55.3 Å². The molecule has 1 saturated heterocycles. The fourth-order valence-corrected chi connectivity index (χ4v) is 6.79. The third-order valence-corrected chi connectivity index (χ3v) is 9.43. The number of fused-ring (bicyclic) bond motifs is 5. The number of carbonyl (C=O) groups excluding carboxylic acids is 3. The first-order chi connectivity index (χ1) is 13.3. The number of likely N-dealkylation sites (tertiary alicyclic amines) is 1. The lowest BCUT2D eigenvalue weighted by Gasteiger charge is -2.28. The Kier molecular flexibility index (Phi) is 5.29. The second-order valence-electron chi connectivity index (χ2n) is 7.67. The zero-order valence-electron chi connectivity index (χ0n) is 15.6. The van der Waals surface area contributed by atoms with Gasteiger partial charge < -0.3 is 10.1 Å². The lowest BCUT2D eigenvalue weighted by Crippen LogP contribution is -2.46. The summed E-state index contributed by atoms with van der Waals surface area (Å²) in [6.45, 7) is 4.08. The summed E-state index contributed by atoms with van der Waals surface area (Å²) in [5.74, 6) is -0.405. The van der Waals surface area contributed by atoms with E-state index in [0.29, 0.717) is 12.3 Å². The predicted molar refractivity (Wildman–Crippen MR) is 112 cm³/mol. The third kappa shape index (κ3) is 3.00. The van der Waals surface area contributed by atoms with Crippen molar-refractivity contribution in [3.05, 3.63) is 24.3 Å². The number of hydrogen-bond donors (Lipinski definition) is 1. The molecule has 6 nitrogen and oxygen atoms in total. The van der Waals surface area contributed by atoms with Crippen LogP contribution >= 0.6 is 31.9 Å². The van der Waals surface area contributed by atoms with E-state index in [-0.39, 0.29) is 51.0 Å². The van der Waals surface area contributed by atoms with Gasteiger partial charge in [0.1, 0.15) is 11.8 Å². The summed E-state index contributed by atoms with van der Waals surface area (Å²) in [4.78, 5) is 40.3. The van der Waals surface area contributed by atoms with Crippen LogP contribution in [0, 0.1) is 23.7 Å². The summed E-state index contributed by atoms with van der Waals surface area (Å²) < 4.78 is 5.39. The Morgan fingerprint density at radius 3 is 2.18 bits per heavy atom. The second-order valence-corrected chi connectivity index (χ2v) is 9.79. The number of nitrogens with zero attached hydrogens (tertiary/aromatic N) is 1. The highest BCUT2D eigenvalue weighted by atomic mass is 79.9. The maximum atomic E-state index is 13.0. The van der Waals surface area contributed by atoms with E-state index in [1.165, 1.54) is 4.90 Å². The quantitative estimate of drug-likeness (QED) is 0.484. The summed E-state index contributed by atoms with van der Waals surface area (Å²) in [7, 11) is 0. The van der Waals surface area contributed by atoms with E-state index in [0.717, 1.165) is 12.2 Å². The molecule has 28 heavy (non-hydrogen) atoms. The Bertz CT molecular complexity index is 783. The van der Waals surface area contributed by atoms with Gasteiger partial charge in [-0.05, 0) is 56.4 Å². The molecular weight excluding hydrogens is 492 g/mol. The van der Waals surface area contributed by atoms with Crippen molar-refractivity contribution in [2.75, 3.05) is 11.9 Å². The van der Waals surface area contributed by atoms with Crippen molar-refractivity contribution in [2.24, 2.45) is 23.7 Å².